The molecule has 0 saturated heterocycles. The molecule has 0 unspecified atom stereocenters. The first-order valence-corrected chi connectivity index (χ1v) is 9.16. The molecule has 121 valence electrons. The number of hydrogen-bond acceptors (Lipinski definition) is 0. The van der Waals surface area contributed by atoms with Crippen LogP contribution in [0.2, 0.25) is 0 Å². The van der Waals surface area contributed by atoms with Gasteiger partial charge in [-0.3, -0.25) is 8.78 Å². The molecule has 0 aliphatic carbocycles. The Kier molecular flexibility index (Phi) is 6.44. The summed E-state index contributed by atoms with van der Waals surface area (Å²) in [6.45, 7) is 0. The summed E-state index contributed by atoms with van der Waals surface area (Å²) in [5.74, 6) is -4.06. The van der Waals surface area contributed by atoms with Gasteiger partial charge in [0.05, 0.1) is 11.6 Å². The van der Waals surface area contributed by atoms with E-state index in [-0.39, 0.29) is 11.1 Å². The SMILES string of the molecule is Fc1c(-c2[c-]cccc2)[c-]c(-c2[c-]cccc2)c(F)c1F.[Cl][Pt]. The van der Waals surface area contributed by atoms with E-state index in [1.807, 2.05) is 0 Å². The zero-order valence-electron chi connectivity index (χ0n) is 11.4. The predicted octanol–water partition coefficient (Wildman–Crippen LogP) is 5.53. The second-order valence-electron chi connectivity index (χ2n) is 4.37. The molecule has 0 atom stereocenters. The Balaban J connectivity index is 0.000000924. The minimum absolute atomic E-state index is 0.151. The molecule has 0 fully saturated rings. The summed E-state index contributed by atoms with van der Waals surface area (Å²) < 4.78 is 41.8. The molecule has 0 heterocycles. The van der Waals surface area contributed by atoms with Crippen LogP contribution >= 0.6 is 9.42 Å². The van der Waals surface area contributed by atoms with Crippen molar-refractivity contribution >= 4 is 9.42 Å². The van der Waals surface area contributed by atoms with Gasteiger partial charge in [-0.05, 0) is 0 Å². The summed E-state index contributed by atoms with van der Waals surface area (Å²) in [5, 5.41) is 0. The first kappa shape index (κ1) is 17.8. The van der Waals surface area contributed by atoms with Crippen LogP contribution in [0.5, 0.6) is 0 Å². The van der Waals surface area contributed by atoms with Crippen molar-refractivity contribution in [3.8, 4) is 22.3 Å². The Morgan fingerprint density at radius 2 is 1.13 bits per heavy atom. The summed E-state index contributed by atoms with van der Waals surface area (Å²) in [6, 6.07) is 21.1. The van der Waals surface area contributed by atoms with Crippen LogP contribution in [0.1, 0.15) is 0 Å². The van der Waals surface area contributed by atoms with E-state index in [9.17, 15) is 13.2 Å². The van der Waals surface area contributed by atoms with E-state index in [0.717, 1.165) is 0 Å². The van der Waals surface area contributed by atoms with Crippen molar-refractivity contribution in [2.24, 2.45) is 0 Å². The van der Waals surface area contributed by atoms with E-state index in [1.54, 1.807) is 67.3 Å². The third-order valence-electron chi connectivity index (χ3n) is 3.03. The Hall–Kier alpha value is -1.57. The zero-order valence-corrected chi connectivity index (χ0v) is 14.5. The summed E-state index contributed by atoms with van der Waals surface area (Å²) in [5.41, 5.74) is 0.320. The van der Waals surface area contributed by atoms with Crippen LogP contribution in [0, 0.1) is 35.7 Å². The van der Waals surface area contributed by atoms with Crippen molar-refractivity contribution in [3.63, 3.8) is 0 Å². The van der Waals surface area contributed by atoms with Crippen LogP contribution < -0.4 is 0 Å². The van der Waals surface area contributed by atoms with Gasteiger partial charge in [0.2, 0.25) is 0 Å². The van der Waals surface area contributed by atoms with Crippen molar-refractivity contribution in [2.75, 3.05) is 0 Å². The van der Waals surface area contributed by atoms with E-state index >= 15 is 0 Å². The van der Waals surface area contributed by atoms with Gasteiger partial charge in [-0.25, -0.2) is 21.6 Å². The third-order valence-corrected chi connectivity index (χ3v) is 3.03. The fourth-order valence-corrected chi connectivity index (χ4v) is 2.02. The minimum atomic E-state index is -1.52. The fourth-order valence-electron chi connectivity index (χ4n) is 2.02. The van der Waals surface area contributed by atoms with E-state index in [1.165, 1.54) is 0 Å². The van der Waals surface area contributed by atoms with Crippen LogP contribution in [0.15, 0.2) is 48.5 Å². The maximum absolute atomic E-state index is 14.0. The second-order valence-corrected chi connectivity index (χ2v) is 4.37. The van der Waals surface area contributed by atoms with Crippen molar-refractivity contribution in [3.05, 3.63) is 84.2 Å². The van der Waals surface area contributed by atoms with E-state index in [0.29, 0.717) is 11.1 Å². The molecule has 0 aromatic heterocycles. The van der Waals surface area contributed by atoms with Gasteiger partial charge in [-0.1, -0.05) is 0 Å². The fraction of sp³-hybridized carbons (Fsp3) is 0. The molecule has 0 bridgehead atoms. The van der Waals surface area contributed by atoms with Gasteiger partial charge >= 0.3 is 28.2 Å². The molecule has 3 rings (SSSR count). The standard InChI is InChI=1S/C18H8F3.ClH.Pt/c19-16-14(12-7-3-1-4-8-12)11-15(17(20)18(16)21)13-9-5-2-6-10-13;;/h1-7,9H;1H;/q-3;;+1/p-1. The van der Waals surface area contributed by atoms with E-state index < -0.39 is 17.5 Å². The Morgan fingerprint density at radius 1 is 0.696 bits per heavy atom. The second kappa shape index (κ2) is 8.33. The molecule has 23 heavy (non-hydrogen) atoms. The van der Waals surface area contributed by atoms with Crippen molar-refractivity contribution in [1.82, 2.24) is 0 Å². The number of hydrogen-bond donors (Lipinski definition) is 0. The van der Waals surface area contributed by atoms with Gasteiger partial charge in [-0.2, -0.15) is 59.7 Å². The van der Waals surface area contributed by atoms with Crippen LogP contribution in [-0.2, 0) is 18.8 Å². The van der Waals surface area contributed by atoms with E-state index in [4.69, 9.17) is 0 Å². The van der Waals surface area contributed by atoms with Crippen LogP contribution in [0.4, 0.5) is 13.2 Å². The van der Waals surface area contributed by atoms with Gasteiger partial charge in [0.15, 0.2) is 0 Å². The van der Waals surface area contributed by atoms with Crippen LogP contribution in [-0.4, -0.2) is 0 Å². The van der Waals surface area contributed by atoms with Gasteiger partial charge < -0.3 is 0 Å². The Bertz CT molecular complexity index is 714. The molecule has 3 aromatic rings. The summed E-state index contributed by atoms with van der Waals surface area (Å²) in [6.07, 6.45) is 0. The summed E-state index contributed by atoms with van der Waals surface area (Å²) in [7, 11) is 4.61. The molecule has 0 spiro atoms. The van der Waals surface area contributed by atoms with Crippen LogP contribution in [0.25, 0.3) is 22.3 Å². The van der Waals surface area contributed by atoms with Crippen molar-refractivity contribution in [1.29, 1.82) is 0 Å². The number of halogens is 4. The predicted molar refractivity (Wildman–Crippen MR) is 79.5 cm³/mol. The quantitative estimate of drug-likeness (QED) is 0.314. The monoisotopic (exact) mass is 511 g/mol. The normalized spacial score (nSPS) is 10.0. The third kappa shape index (κ3) is 3.85. The first-order valence-electron chi connectivity index (χ1n) is 6.34. The Morgan fingerprint density at radius 3 is 1.48 bits per heavy atom. The molecule has 0 nitrogen and oxygen atoms in total. The van der Waals surface area contributed by atoms with Gasteiger partial charge in [0.1, 0.15) is 5.82 Å². The molecule has 0 N–H and O–H groups in total. The Labute approximate surface area is 147 Å². The molecule has 0 aliphatic rings. The van der Waals surface area contributed by atoms with Crippen molar-refractivity contribution < 1.29 is 31.9 Å². The molecule has 0 saturated carbocycles. The molecule has 3 aromatic carbocycles. The average Bonchev–Trinajstić information content (AvgIpc) is 2.63. The summed E-state index contributed by atoms with van der Waals surface area (Å²) >= 11 is 1.61. The first-order chi connectivity index (χ1) is 11.2. The van der Waals surface area contributed by atoms with Gasteiger partial charge in [-0.15, -0.1) is 12.1 Å². The van der Waals surface area contributed by atoms with E-state index in [2.05, 4.69) is 27.6 Å². The van der Waals surface area contributed by atoms with Crippen LogP contribution in [0.3, 0.4) is 0 Å². The molecule has 5 heteroatoms. The zero-order chi connectivity index (χ0) is 16.8. The molecule has 0 radical (unpaired) electrons. The topological polar surface area (TPSA) is 0 Å². The molecular weight excluding hydrogens is 504 g/mol. The van der Waals surface area contributed by atoms with Gasteiger partial charge in [0.25, 0.3) is 0 Å². The molecule has 0 aliphatic heterocycles. The number of rotatable bonds is 2. The molecule has 0 amide bonds. The summed E-state index contributed by atoms with van der Waals surface area (Å²) in [4.78, 5) is 0. The maximum atomic E-state index is 14.0. The van der Waals surface area contributed by atoms with Crippen molar-refractivity contribution in [2.45, 2.75) is 0 Å². The molecular formula is C18H8ClF3Pt-3. The average molecular weight is 512 g/mol. The van der Waals surface area contributed by atoms with Gasteiger partial charge in [0, 0.05) is 0 Å². The number of benzene rings is 3.